The van der Waals surface area contributed by atoms with Gasteiger partial charge in [-0.1, -0.05) is 38.1 Å². The van der Waals surface area contributed by atoms with Gasteiger partial charge in [0.25, 0.3) is 0 Å². The van der Waals surface area contributed by atoms with Crippen molar-refractivity contribution < 1.29 is 17.9 Å². The zero-order valence-electron chi connectivity index (χ0n) is 17.3. The number of hydrogen-bond acceptors (Lipinski definition) is 6. The van der Waals surface area contributed by atoms with Crippen molar-refractivity contribution in [1.82, 2.24) is 9.62 Å². The van der Waals surface area contributed by atoms with Crippen LogP contribution in [-0.2, 0) is 21.3 Å². The molecule has 160 valence electrons. The summed E-state index contributed by atoms with van der Waals surface area (Å²) in [6.07, 6.45) is 0.640. The number of rotatable bonds is 9. The molecule has 8 heteroatoms. The second-order valence-corrected chi connectivity index (χ2v) is 8.79. The zero-order valence-corrected chi connectivity index (χ0v) is 18.1. The highest BCUT2D eigenvalue weighted by atomic mass is 32.2. The lowest BCUT2D eigenvalue weighted by molar-refractivity contribution is 0.0501. The van der Waals surface area contributed by atoms with Crippen molar-refractivity contribution in [2.75, 3.05) is 26.2 Å². The van der Waals surface area contributed by atoms with E-state index >= 15 is 0 Å². The summed E-state index contributed by atoms with van der Waals surface area (Å²) in [5, 5.41) is 3.28. The van der Waals surface area contributed by atoms with E-state index in [1.165, 1.54) is 34.1 Å². The van der Waals surface area contributed by atoms with Crippen LogP contribution in [0.25, 0.3) is 0 Å². The van der Waals surface area contributed by atoms with Crippen LogP contribution < -0.4 is 5.32 Å². The average Bonchev–Trinajstić information content (AvgIpc) is 3.17. The molecule has 0 saturated carbocycles. The van der Waals surface area contributed by atoms with Gasteiger partial charge in [0.15, 0.2) is 0 Å². The minimum atomic E-state index is -3.54. The van der Waals surface area contributed by atoms with E-state index in [4.69, 9.17) is 4.74 Å². The molecule has 1 aliphatic heterocycles. The molecule has 0 radical (unpaired) electrons. The topological polar surface area (TPSA) is 88.1 Å². The number of hydrogen-bond donors (Lipinski definition) is 1. The molecular weight excluding hydrogens is 402 g/mol. The molecule has 2 aromatic rings. The number of esters is 1. The number of amidine groups is 1. The summed E-state index contributed by atoms with van der Waals surface area (Å²) >= 11 is 0. The maximum Gasteiger partial charge on any atom is 0.338 e. The fraction of sp³-hybridized carbons (Fsp3) is 0.364. The van der Waals surface area contributed by atoms with E-state index in [0.717, 1.165) is 11.4 Å². The van der Waals surface area contributed by atoms with Gasteiger partial charge in [0.2, 0.25) is 10.0 Å². The second-order valence-electron chi connectivity index (χ2n) is 6.85. The van der Waals surface area contributed by atoms with Crippen molar-refractivity contribution in [2.45, 2.75) is 31.7 Å². The molecule has 0 saturated heterocycles. The summed E-state index contributed by atoms with van der Waals surface area (Å²) < 4.78 is 31.7. The molecule has 0 bridgehead atoms. The normalized spacial score (nSPS) is 13.1. The van der Waals surface area contributed by atoms with Gasteiger partial charge in [0.1, 0.15) is 5.84 Å². The summed E-state index contributed by atoms with van der Waals surface area (Å²) in [5.41, 5.74) is 2.66. The third-order valence-corrected chi connectivity index (χ3v) is 7.02. The smallest absolute Gasteiger partial charge is 0.338 e. The van der Waals surface area contributed by atoms with Crippen LogP contribution in [0.3, 0.4) is 0 Å². The van der Waals surface area contributed by atoms with Gasteiger partial charge >= 0.3 is 5.97 Å². The van der Waals surface area contributed by atoms with E-state index in [0.29, 0.717) is 38.2 Å². The van der Waals surface area contributed by atoms with E-state index in [1.54, 1.807) is 13.8 Å². The standard InChI is InChI=1S/C22H27N3O4S/c1-3-25(4-2)30(27,28)19-12-10-17(11-13-19)22(26)29-15-7-14-23-21-20-9-6-5-8-18(20)16-24-21/h5-6,8-13H,3-4,7,14-16H2,1-2H3,(H,23,24). The van der Waals surface area contributed by atoms with Crippen molar-refractivity contribution in [3.63, 3.8) is 0 Å². The van der Waals surface area contributed by atoms with E-state index in [2.05, 4.69) is 16.4 Å². The lowest BCUT2D eigenvalue weighted by Gasteiger charge is -2.18. The molecule has 1 N–H and O–H groups in total. The molecule has 0 spiro atoms. The van der Waals surface area contributed by atoms with Crippen LogP contribution in [0.1, 0.15) is 41.8 Å². The number of carbonyl (C=O) groups is 1. The Morgan fingerprint density at radius 1 is 1.10 bits per heavy atom. The first-order valence-electron chi connectivity index (χ1n) is 10.1. The summed E-state index contributed by atoms with van der Waals surface area (Å²) in [7, 11) is -3.54. The number of benzene rings is 2. The highest BCUT2D eigenvalue weighted by molar-refractivity contribution is 7.89. The summed E-state index contributed by atoms with van der Waals surface area (Å²) in [6.45, 7) is 5.97. The van der Waals surface area contributed by atoms with Gasteiger partial charge < -0.3 is 10.1 Å². The van der Waals surface area contributed by atoms with Crippen LogP contribution >= 0.6 is 0 Å². The molecule has 7 nitrogen and oxygen atoms in total. The maximum atomic E-state index is 12.5. The lowest BCUT2D eigenvalue weighted by Crippen LogP contribution is -2.30. The molecule has 3 rings (SSSR count). The average molecular weight is 430 g/mol. The summed E-state index contributed by atoms with van der Waals surface area (Å²) in [4.78, 5) is 16.9. The fourth-order valence-electron chi connectivity index (χ4n) is 3.29. The molecule has 2 aromatic carbocycles. The Kier molecular flexibility index (Phi) is 7.23. The van der Waals surface area contributed by atoms with Crippen molar-refractivity contribution >= 4 is 21.8 Å². The van der Waals surface area contributed by atoms with Crippen LogP contribution in [-0.4, -0.2) is 50.8 Å². The summed E-state index contributed by atoms with van der Waals surface area (Å²) in [5.74, 6) is 0.410. The Morgan fingerprint density at radius 3 is 2.50 bits per heavy atom. The van der Waals surface area contributed by atoms with Crippen molar-refractivity contribution in [3.05, 3.63) is 65.2 Å². The number of fused-ring (bicyclic) bond motifs is 1. The van der Waals surface area contributed by atoms with Gasteiger partial charge in [0, 0.05) is 25.2 Å². The molecule has 1 heterocycles. The van der Waals surface area contributed by atoms with E-state index < -0.39 is 16.0 Å². The minimum absolute atomic E-state index is 0.171. The fourth-order valence-corrected chi connectivity index (χ4v) is 4.75. The third-order valence-electron chi connectivity index (χ3n) is 4.96. The minimum Gasteiger partial charge on any atom is -0.462 e. The first-order chi connectivity index (χ1) is 14.5. The first-order valence-corrected chi connectivity index (χ1v) is 11.5. The molecule has 0 atom stereocenters. The van der Waals surface area contributed by atoms with Gasteiger partial charge in [-0.05, 0) is 36.2 Å². The van der Waals surface area contributed by atoms with Crippen molar-refractivity contribution in [2.24, 2.45) is 4.99 Å². The molecule has 0 aromatic heterocycles. The monoisotopic (exact) mass is 429 g/mol. The predicted molar refractivity (Wildman–Crippen MR) is 116 cm³/mol. The molecule has 0 unspecified atom stereocenters. The molecule has 0 aliphatic carbocycles. The third kappa shape index (κ3) is 4.88. The van der Waals surface area contributed by atoms with Crippen LogP contribution in [0.2, 0.25) is 0 Å². The molecule has 0 fully saturated rings. The molecule has 1 aliphatic rings. The van der Waals surface area contributed by atoms with Crippen LogP contribution in [0.5, 0.6) is 0 Å². The number of carbonyl (C=O) groups excluding carboxylic acids is 1. The number of sulfonamides is 1. The lowest BCUT2D eigenvalue weighted by atomic mass is 10.1. The second kappa shape index (κ2) is 9.86. The summed E-state index contributed by atoms with van der Waals surface area (Å²) in [6, 6.07) is 14.0. The van der Waals surface area contributed by atoms with Crippen LogP contribution in [0.15, 0.2) is 58.4 Å². The highest BCUT2D eigenvalue weighted by Crippen LogP contribution is 2.18. The van der Waals surface area contributed by atoms with E-state index in [1.807, 2.05) is 18.2 Å². The van der Waals surface area contributed by atoms with E-state index in [-0.39, 0.29) is 11.5 Å². The Bertz CT molecular complexity index is 1010. The Hall–Kier alpha value is -2.71. The number of aliphatic imine (C=N–C) groups is 1. The SMILES string of the molecule is CCN(CC)S(=O)(=O)c1ccc(C(=O)OCCCNC2=NCc3ccccc32)cc1. The number of nitrogens with zero attached hydrogens (tertiary/aromatic N) is 2. The largest absolute Gasteiger partial charge is 0.462 e. The Morgan fingerprint density at radius 2 is 1.80 bits per heavy atom. The van der Waals surface area contributed by atoms with Crippen molar-refractivity contribution in [1.29, 1.82) is 0 Å². The molecular formula is C22H27N3O4S. The predicted octanol–water partition coefficient (Wildman–Crippen LogP) is 2.81. The number of ether oxygens (including phenoxy) is 1. The van der Waals surface area contributed by atoms with Gasteiger partial charge in [0.05, 0.1) is 23.6 Å². The van der Waals surface area contributed by atoms with Crippen molar-refractivity contribution in [3.8, 4) is 0 Å². The van der Waals surface area contributed by atoms with Crippen LogP contribution in [0.4, 0.5) is 0 Å². The van der Waals surface area contributed by atoms with E-state index in [9.17, 15) is 13.2 Å². The Labute approximate surface area is 177 Å². The number of nitrogens with one attached hydrogen (secondary N) is 1. The Balaban J connectivity index is 1.45. The molecule has 0 amide bonds. The van der Waals surface area contributed by atoms with Gasteiger partial charge in [-0.2, -0.15) is 4.31 Å². The van der Waals surface area contributed by atoms with Gasteiger partial charge in [-0.15, -0.1) is 0 Å². The van der Waals surface area contributed by atoms with Crippen LogP contribution in [0, 0.1) is 0 Å². The quantitative estimate of drug-likeness (QED) is 0.489. The van der Waals surface area contributed by atoms with Gasteiger partial charge in [-0.25, -0.2) is 13.2 Å². The zero-order chi connectivity index (χ0) is 21.6. The maximum absolute atomic E-state index is 12.5. The van der Waals surface area contributed by atoms with Gasteiger partial charge in [-0.3, -0.25) is 4.99 Å². The highest BCUT2D eigenvalue weighted by Gasteiger charge is 2.22. The first kappa shape index (κ1) is 22.0. The molecule has 30 heavy (non-hydrogen) atoms.